The smallest absolute Gasteiger partial charge is 0.137 e. The lowest BCUT2D eigenvalue weighted by Gasteiger charge is -2.32. The second-order valence-electron chi connectivity index (χ2n) is 6.48. The highest BCUT2D eigenvalue weighted by Gasteiger charge is 2.20. The minimum Gasteiger partial charge on any atom is -0.316 e. The van der Waals surface area contributed by atoms with Crippen molar-refractivity contribution in [1.29, 1.82) is 0 Å². The number of piperidine rings is 1. The van der Waals surface area contributed by atoms with E-state index < -0.39 is 0 Å². The number of likely N-dealkylation sites (tertiary alicyclic amines) is 1. The van der Waals surface area contributed by atoms with Gasteiger partial charge in [0.15, 0.2) is 0 Å². The average molecular weight is 357 g/mol. The standard InChI is InChI=1S/C17H26BrFN2/c1-13(2)10-20-11-14-6-8-21(9-7-14)12-15-4-3-5-16(19)17(15)18/h3-5,13-14,20H,6-12H2,1-2H3. The van der Waals surface area contributed by atoms with Gasteiger partial charge in [-0.1, -0.05) is 26.0 Å². The van der Waals surface area contributed by atoms with Crippen LogP contribution in [0.5, 0.6) is 0 Å². The van der Waals surface area contributed by atoms with E-state index in [1.807, 2.05) is 6.07 Å². The minimum absolute atomic E-state index is 0.166. The third-order valence-electron chi connectivity index (χ3n) is 4.12. The van der Waals surface area contributed by atoms with Crippen molar-refractivity contribution in [3.63, 3.8) is 0 Å². The third-order valence-corrected chi connectivity index (χ3v) is 5.01. The summed E-state index contributed by atoms with van der Waals surface area (Å²) in [7, 11) is 0. The van der Waals surface area contributed by atoms with Gasteiger partial charge < -0.3 is 5.32 Å². The van der Waals surface area contributed by atoms with Crippen LogP contribution in [0.25, 0.3) is 0 Å². The zero-order valence-electron chi connectivity index (χ0n) is 13.0. The van der Waals surface area contributed by atoms with Crippen LogP contribution in [0.2, 0.25) is 0 Å². The molecule has 0 saturated carbocycles. The Hall–Kier alpha value is -0.450. The molecule has 1 N–H and O–H groups in total. The summed E-state index contributed by atoms with van der Waals surface area (Å²) in [5.74, 6) is 1.34. The lowest BCUT2D eigenvalue weighted by Crippen LogP contribution is -2.37. The average Bonchev–Trinajstić information content (AvgIpc) is 2.45. The number of nitrogens with one attached hydrogen (secondary N) is 1. The zero-order chi connectivity index (χ0) is 15.2. The van der Waals surface area contributed by atoms with Crippen LogP contribution >= 0.6 is 15.9 Å². The van der Waals surface area contributed by atoms with Crippen LogP contribution in [-0.4, -0.2) is 31.1 Å². The number of benzene rings is 1. The molecule has 4 heteroatoms. The highest BCUT2D eigenvalue weighted by Crippen LogP contribution is 2.24. The van der Waals surface area contributed by atoms with Crippen molar-refractivity contribution in [2.75, 3.05) is 26.2 Å². The Kier molecular flexibility index (Phi) is 6.65. The van der Waals surface area contributed by atoms with Crippen LogP contribution in [-0.2, 0) is 6.54 Å². The molecule has 118 valence electrons. The van der Waals surface area contributed by atoms with Crippen molar-refractivity contribution >= 4 is 15.9 Å². The summed E-state index contributed by atoms with van der Waals surface area (Å²) >= 11 is 3.35. The van der Waals surface area contributed by atoms with Gasteiger partial charge in [-0.25, -0.2) is 4.39 Å². The van der Waals surface area contributed by atoms with Crippen LogP contribution < -0.4 is 5.32 Å². The molecule has 0 bridgehead atoms. The zero-order valence-corrected chi connectivity index (χ0v) is 14.6. The fourth-order valence-corrected chi connectivity index (χ4v) is 3.23. The fraction of sp³-hybridized carbons (Fsp3) is 0.647. The van der Waals surface area contributed by atoms with Gasteiger partial charge in [0, 0.05) is 6.54 Å². The molecule has 0 spiro atoms. The van der Waals surface area contributed by atoms with E-state index in [2.05, 4.69) is 40.0 Å². The molecule has 2 rings (SSSR count). The van der Waals surface area contributed by atoms with Crippen LogP contribution in [0.15, 0.2) is 22.7 Å². The number of halogens is 2. The lowest BCUT2D eigenvalue weighted by atomic mass is 9.96. The summed E-state index contributed by atoms with van der Waals surface area (Å²) in [4.78, 5) is 2.43. The summed E-state index contributed by atoms with van der Waals surface area (Å²) in [5.41, 5.74) is 1.05. The van der Waals surface area contributed by atoms with Crippen LogP contribution in [0.1, 0.15) is 32.3 Å². The van der Waals surface area contributed by atoms with Crippen molar-refractivity contribution in [3.05, 3.63) is 34.1 Å². The van der Waals surface area contributed by atoms with Gasteiger partial charge in [0.1, 0.15) is 5.82 Å². The molecule has 0 amide bonds. The van der Waals surface area contributed by atoms with E-state index in [9.17, 15) is 4.39 Å². The van der Waals surface area contributed by atoms with E-state index in [1.54, 1.807) is 6.07 Å². The van der Waals surface area contributed by atoms with Crippen LogP contribution in [0, 0.1) is 17.7 Å². The predicted molar refractivity (Wildman–Crippen MR) is 89.8 cm³/mol. The largest absolute Gasteiger partial charge is 0.316 e. The normalized spacial score (nSPS) is 17.6. The van der Waals surface area contributed by atoms with Gasteiger partial charge in [-0.15, -0.1) is 0 Å². The minimum atomic E-state index is -0.166. The van der Waals surface area contributed by atoms with Gasteiger partial charge in [0.05, 0.1) is 4.47 Å². The first-order chi connectivity index (χ1) is 10.1. The first-order valence-electron chi connectivity index (χ1n) is 7.92. The van der Waals surface area contributed by atoms with Crippen molar-refractivity contribution < 1.29 is 4.39 Å². The second-order valence-corrected chi connectivity index (χ2v) is 7.28. The summed E-state index contributed by atoms with van der Waals surface area (Å²) < 4.78 is 14.1. The van der Waals surface area contributed by atoms with Crippen molar-refractivity contribution in [1.82, 2.24) is 10.2 Å². The van der Waals surface area contributed by atoms with E-state index in [4.69, 9.17) is 0 Å². The number of hydrogen-bond acceptors (Lipinski definition) is 2. The first-order valence-corrected chi connectivity index (χ1v) is 8.71. The third kappa shape index (κ3) is 5.35. The van der Waals surface area contributed by atoms with E-state index in [-0.39, 0.29) is 5.82 Å². The number of rotatable bonds is 6. The molecule has 1 aliphatic rings. The second kappa shape index (κ2) is 8.25. The Bertz CT molecular complexity index is 442. The molecule has 0 unspecified atom stereocenters. The van der Waals surface area contributed by atoms with Gasteiger partial charge in [-0.2, -0.15) is 0 Å². The van der Waals surface area contributed by atoms with E-state index in [1.165, 1.54) is 18.9 Å². The van der Waals surface area contributed by atoms with Crippen molar-refractivity contribution in [2.24, 2.45) is 11.8 Å². The van der Waals surface area contributed by atoms with Crippen LogP contribution in [0.4, 0.5) is 4.39 Å². The van der Waals surface area contributed by atoms with Gasteiger partial charge in [-0.05, 0) is 78.4 Å². The maximum absolute atomic E-state index is 13.5. The Morgan fingerprint density at radius 3 is 2.71 bits per heavy atom. The van der Waals surface area contributed by atoms with E-state index in [0.717, 1.165) is 50.1 Å². The molecule has 0 radical (unpaired) electrons. The summed E-state index contributed by atoms with van der Waals surface area (Å²) in [5, 5.41) is 3.56. The molecule has 1 aromatic rings. The molecule has 0 aromatic heterocycles. The molecule has 1 fully saturated rings. The Balaban J connectivity index is 1.75. The lowest BCUT2D eigenvalue weighted by molar-refractivity contribution is 0.174. The predicted octanol–water partition coefficient (Wildman–Crippen LogP) is 4.05. The molecular weight excluding hydrogens is 331 g/mol. The highest BCUT2D eigenvalue weighted by molar-refractivity contribution is 9.10. The Morgan fingerprint density at radius 1 is 1.33 bits per heavy atom. The molecule has 21 heavy (non-hydrogen) atoms. The number of nitrogens with zero attached hydrogens (tertiary/aromatic N) is 1. The summed E-state index contributed by atoms with van der Waals surface area (Å²) in [6, 6.07) is 5.29. The Labute approximate surface area is 136 Å². The summed E-state index contributed by atoms with van der Waals surface area (Å²) in [6.45, 7) is 9.78. The maximum Gasteiger partial charge on any atom is 0.137 e. The van der Waals surface area contributed by atoms with Gasteiger partial charge in [0.25, 0.3) is 0 Å². The van der Waals surface area contributed by atoms with Gasteiger partial charge >= 0.3 is 0 Å². The molecule has 1 aliphatic heterocycles. The highest BCUT2D eigenvalue weighted by atomic mass is 79.9. The maximum atomic E-state index is 13.5. The van der Waals surface area contributed by atoms with Gasteiger partial charge in [-0.3, -0.25) is 4.90 Å². The van der Waals surface area contributed by atoms with Crippen LogP contribution in [0.3, 0.4) is 0 Å². The fourth-order valence-electron chi connectivity index (χ4n) is 2.84. The summed E-state index contributed by atoms with van der Waals surface area (Å²) in [6.07, 6.45) is 2.47. The molecule has 1 aromatic carbocycles. The Morgan fingerprint density at radius 2 is 2.05 bits per heavy atom. The van der Waals surface area contributed by atoms with Crippen molar-refractivity contribution in [3.8, 4) is 0 Å². The quantitative estimate of drug-likeness (QED) is 0.827. The topological polar surface area (TPSA) is 15.3 Å². The first kappa shape index (κ1) is 16.9. The van der Waals surface area contributed by atoms with Gasteiger partial charge in [0.2, 0.25) is 0 Å². The molecule has 1 heterocycles. The molecule has 0 aliphatic carbocycles. The molecule has 0 atom stereocenters. The number of hydrogen-bond donors (Lipinski definition) is 1. The SMILES string of the molecule is CC(C)CNCC1CCN(Cc2cccc(F)c2Br)CC1. The molecule has 1 saturated heterocycles. The van der Waals surface area contributed by atoms with E-state index >= 15 is 0 Å². The molecule has 2 nitrogen and oxygen atoms in total. The van der Waals surface area contributed by atoms with Crippen molar-refractivity contribution in [2.45, 2.75) is 33.2 Å². The van der Waals surface area contributed by atoms with E-state index in [0.29, 0.717) is 4.47 Å². The molecular formula is C17H26BrFN2. The monoisotopic (exact) mass is 356 g/mol.